The van der Waals surface area contributed by atoms with Gasteiger partial charge in [-0.1, -0.05) is 32.4 Å². The highest BCUT2D eigenvalue weighted by Gasteiger charge is 2.30. The van der Waals surface area contributed by atoms with Crippen LogP contribution in [0.5, 0.6) is 0 Å². The molecule has 1 heterocycles. The zero-order valence-electron chi connectivity index (χ0n) is 12.9. The number of benzene rings is 1. The summed E-state index contributed by atoms with van der Waals surface area (Å²) < 4.78 is 1.20. The maximum absolute atomic E-state index is 6.38. The van der Waals surface area contributed by atoms with E-state index in [1.54, 1.807) is 11.3 Å². The summed E-state index contributed by atoms with van der Waals surface area (Å²) in [6.45, 7) is 7.08. The van der Waals surface area contributed by atoms with Gasteiger partial charge in [0.15, 0.2) is 0 Å². The molecule has 3 rings (SSSR count). The van der Waals surface area contributed by atoms with Gasteiger partial charge in [-0.2, -0.15) is 0 Å². The lowest BCUT2D eigenvalue weighted by atomic mass is 9.71. The third-order valence-corrected chi connectivity index (χ3v) is 5.86. The molecule has 1 saturated carbocycles. The van der Waals surface area contributed by atoms with Gasteiger partial charge in [-0.05, 0) is 49.1 Å². The van der Waals surface area contributed by atoms with Gasteiger partial charge in [0.1, 0.15) is 5.52 Å². The van der Waals surface area contributed by atoms with Crippen LogP contribution in [0, 0.1) is 11.3 Å². The van der Waals surface area contributed by atoms with Crippen LogP contribution in [0.15, 0.2) is 17.6 Å². The minimum absolute atomic E-state index is 0.428. The Kier molecular flexibility index (Phi) is 4.15. The zero-order chi connectivity index (χ0) is 15.0. The van der Waals surface area contributed by atoms with Crippen LogP contribution in [-0.2, 0) is 0 Å². The molecule has 4 heteroatoms. The predicted molar refractivity (Wildman–Crippen MR) is 93.5 cm³/mol. The molecule has 0 atom stereocenters. The lowest BCUT2D eigenvalue weighted by Gasteiger charge is -2.37. The van der Waals surface area contributed by atoms with Crippen LogP contribution in [0.2, 0.25) is 5.02 Å². The number of nitrogens with one attached hydrogen (secondary N) is 1. The number of hydrogen-bond donors (Lipinski definition) is 1. The molecule has 114 valence electrons. The van der Waals surface area contributed by atoms with E-state index >= 15 is 0 Å². The molecular formula is C17H23ClN2S. The van der Waals surface area contributed by atoms with Gasteiger partial charge >= 0.3 is 0 Å². The van der Waals surface area contributed by atoms with Gasteiger partial charge in [0, 0.05) is 6.04 Å². The molecule has 1 fully saturated rings. The normalized spacial score (nSPS) is 23.4. The maximum atomic E-state index is 6.38. The lowest BCUT2D eigenvalue weighted by Crippen LogP contribution is -2.31. The second-order valence-corrected chi connectivity index (χ2v) is 8.47. The third kappa shape index (κ3) is 3.19. The number of anilines is 1. The fourth-order valence-corrected chi connectivity index (χ4v) is 4.24. The van der Waals surface area contributed by atoms with Crippen LogP contribution in [0.25, 0.3) is 10.2 Å². The van der Waals surface area contributed by atoms with E-state index in [-0.39, 0.29) is 0 Å². The Morgan fingerprint density at radius 1 is 1.19 bits per heavy atom. The summed E-state index contributed by atoms with van der Waals surface area (Å²) >= 11 is 8.05. The van der Waals surface area contributed by atoms with Crippen molar-refractivity contribution in [3.05, 3.63) is 22.7 Å². The first-order valence-corrected chi connectivity index (χ1v) is 8.99. The molecule has 0 amide bonds. The molecule has 1 aliphatic rings. The summed E-state index contributed by atoms with van der Waals surface area (Å²) in [5.74, 6) is 0.834. The summed E-state index contributed by atoms with van der Waals surface area (Å²) in [5.41, 5.74) is 4.36. The molecule has 0 bridgehead atoms. The first-order chi connectivity index (χ1) is 9.95. The van der Waals surface area contributed by atoms with Gasteiger partial charge in [0.05, 0.1) is 20.9 Å². The smallest absolute Gasteiger partial charge is 0.106 e. The fourth-order valence-electron chi connectivity index (χ4n) is 3.35. The van der Waals surface area contributed by atoms with E-state index in [9.17, 15) is 0 Å². The van der Waals surface area contributed by atoms with Crippen LogP contribution < -0.4 is 5.32 Å². The Hall–Kier alpha value is -0.800. The third-order valence-electron chi connectivity index (χ3n) is 4.75. The van der Waals surface area contributed by atoms with Crippen LogP contribution in [-0.4, -0.2) is 11.0 Å². The molecule has 0 radical (unpaired) electrons. The van der Waals surface area contributed by atoms with Crippen LogP contribution >= 0.6 is 22.9 Å². The molecule has 1 aliphatic carbocycles. The first-order valence-electron chi connectivity index (χ1n) is 7.73. The van der Waals surface area contributed by atoms with Gasteiger partial charge in [0.2, 0.25) is 0 Å². The van der Waals surface area contributed by atoms with Gasteiger partial charge in [-0.15, -0.1) is 11.3 Å². The summed E-state index contributed by atoms with van der Waals surface area (Å²) in [5, 5.41) is 4.45. The van der Waals surface area contributed by atoms with Crippen molar-refractivity contribution in [2.45, 2.75) is 52.5 Å². The minimum Gasteiger partial charge on any atom is -0.379 e. The zero-order valence-corrected chi connectivity index (χ0v) is 14.5. The Bertz CT molecular complexity index is 621. The van der Waals surface area contributed by atoms with Gasteiger partial charge < -0.3 is 5.32 Å². The van der Waals surface area contributed by atoms with Crippen molar-refractivity contribution in [1.82, 2.24) is 4.98 Å². The van der Waals surface area contributed by atoms with Crippen molar-refractivity contribution >= 4 is 38.8 Å². The van der Waals surface area contributed by atoms with E-state index in [2.05, 4.69) is 37.1 Å². The molecule has 0 saturated heterocycles. The standard InChI is InChI=1S/C17H23ClN2S/c1-17(2,3)11-4-6-12(7-5-11)20-15-13(18)8-9-14-16(15)19-10-21-14/h8-12,20H,4-7H2,1-3H3. The van der Waals surface area contributed by atoms with E-state index in [0.29, 0.717) is 11.5 Å². The van der Waals surface area contributed by atoms with Crippen LogP contribution in [0.1, 0.15) is 46.5 Å². The molecule has 1 aromatic heterocycles. The Morgan fingerprint density at radius 3 is 2.57 bits per heavy atom. The van der Waals surface area contributed by atoms with Gasteiger partial charge in [-0.3, -0.25) is 0 Å². The van der Waals surface area contributed by atoms with E-state index in [4.69, 9.17) is 11.6 Å². The molecule has 0 unspecified atom stereocenters. The number of thiazole rings is 1. The monoisotopic (exact) mass is 322 g/mol. The summed E-state index contributed by atoms with van der Waals surface area (Å²) in [7, 11) is 0. The van der Waals surface area contributed by atoms with Crippen molar-refractivity contribution in [1.29, 1.82) is 0 Å². The number of aromatic nitrogens is 1. The first kappa shape index (κ1) is 15.1. The van der Waals surface area contributed by atoms with Crippen molar-refractivity contribution < 1.29 is 0 Å². The summed E-state index contributed by atoms with van der Waals surface area (Å²) in [6, 6.07) is 4.55. The fraction of sp³-hybridized carbons (Fsp3) is 0.588. The highest BCUT2D eigenvalue weighted by Crippen LogP contribution is 2.40. The van der Waals surface area contributed by atoms with E-state index < -0.39 is 0 Å². The van der Waals surface area contributed by atoms with Crippen molar-refractivity contribution in [2.24, 2.45) is 11.3 Å². The second-order valence-electron chi connectivity index (χ2n) is 7.18. The SMILES string of the molecule is CC(C)(C)C1CCC(Nc2c(Cl)ccc3scnc23)CC1. The number of hydrogen-bond acceptors (Lipinski definition) is 3. The van der Waals surface area contributed by atoms with Crippen molar-refractivity contribution in [3.63, 3.8) is 0 Å². The molecule has 1 aromatic carbocycles. The Balaban J connectivity index is 1.73. The highest BCUT2D eigenvalue weighted by molar-refractivity contribution is 7.16. The molecule has 0 spiro atoms. The number of nitrogens with zero attached hydrogens (tertiary/aromatic N) is 1. The van der Waals surface area contributed by atoms with E-state index in [1.165, 1.54) is 30.4 Å². The minimum atomic E-state index is 0.428. The van der Waals surface area contributed by atoms with Crippen molar-refractivity contribution in [3.8, 4) is 0 Å². The van der Waals surface area contributed by atoms with Gasteiger partial charge in [-0.25, -0.2) is 4.98 Å². The topological polar surface area (TPSA) is 24.9 Å². The molecule has 2 nitrogen and oxygen atoms in total. The average Bonchev–Trinajstić information content (AvgIpc) is 2.90. The second kappa shape index (κ2) is 5.77. The number of fused-ring (bicyclic) bond motifs is 1. The Morgan fingerprint density at radius 2 is 1.90 bits per heavy atom. The quantitative estimate of drug-likeness (QED) is 0.737. The van der Waals surface area contributed by atoms with Gasteiger partial charge in [0.25, 0.3) is 0 Å². The van der Waals surface area contributed by atoms with Crippen molar-refractivity contribution in [2.75, 3.05) is 5.32 Å². The van der Waals surface area contributed by atoms with E-state index in [1.807, 2.05) is 11.6 Å². The summed E-state index contributed by atoms with van der Waals surface area (Å²) in [4.78, 5) is 4.47. The van der Waals surface area contributed by atoms with E-state index in [0.717, 1.165) is 22.1 Å². The number of rotatable bonds is 2. The molecule has 21 heavy (non-hydrogen) atoms. The lowest BCUT2D eigenvalue weighted by molar-refractivity contribution is 0.173. The highest BCUT2D eigenvalue weighted by atomic mass is 35.5. The predicted octanol–water partition coefficient (Wildman–Crippen LogP) is 5.97. The maximum Gasteiger partial charge on any atom is 0.106 e. The average molecular weight is 323 g/mol. The van der Waals surface area contributed by atoms with Crippen LogP contribution in [0.3, 0.4) is 0 Å². The summed E-state index contributed by atoms with van der Waals surface area (Å²) in [6.07, 6.45) is 5.04. The number of halogens is 1. The molecule has 1 N–H and O–H groups in total. The molecule has 2 aromatic rings. The van der Waals surface area contributed by atoms with Crippen LogP contribution in [0.4, 0.5) is 5.69 Å². The molecule has 0 aliphatic heterocycles. The largest absolute Gasteiger partial charge is 0.379 e. The molecular weight excluding hydrogens is 300 g/mol. The Labute approximate surface area is 135 Å².